The average molecular weight is 394 g/mol. The number of hydrogen-bond acceptors (Lipinski definition) is 2. The first-order valence-electron chi connectivity index (χ1n) is 9.76. The van der Waals surface area contributed by atoms with Gasteiger partial charge in [0.25, 0.3) is 5.91 Å². The van der Waals surface area contributed by atoms with Gasteiger partial charge in [0.1, 0.15) is 11.5 Å². The summed E-state index contributed by atoms with van der Waals surface area (Å²) in [6.45, 7) is 1.32. The molecule has 4 rings (SSSR count). The zero-order valence-corrected chi connectivity index (χ0v) is 15.5. The number of amides is 1. The molecule has 0 radical (unpaired) electrons. The van der Waals surface area contributed by atoms with Crippen LogP contribution in [0.15, 0.2) is 34.3 Å². The molecule has 0 spiro atoms. The minimum Gasteiger partial charge on any atom is -0.337 e. The van der Waals surface area contributed by atoms with Crippen LogP contribution in [0, 0.1) is 5.82 Å². The molecule has 0 bridgehead atoms. The van der Waals surface area contributed by atoms with Crippen molar-refractivity contribution >= 4 is 11.6 Å². The quantitative estimate of drug-likeness (QED) is 0.659. The fraction of sp³-hybridized carbons (Fsp3) is 0.524. The number of alkyl halides is 3. The van der Waals surface area contributed by atoms with E-state index in [9.17, 15) is 22.4 Å². The maximum absolute atomic E-state index is 13.6. The maximum Gasteiger partial charge on any atom is 0.416 e. The van der Waals surface area contributed by atoms with Crippen LogP contribution in [0.5, 0.6) is 0 Å². The van der Waals surface area contributed by atoms with Crippen molar-refractivity contribution in [3.05, 3.63) is 46.3 Å². The fourth-order valence-corrected chi connectivity index (χ4v) is 4.57. The molecule has 0 aromatic heterocycles. The lowest BCUT2D eigenvalue weighted by Crippen LogP contribution is -2.42. The van der Waals surface area contributed by atoms with Crippen LogP contribution in [0.1, 0.15) is 55.6 Å². The highest BCUT2D eigenvalue weighted by Crippen LogP contribution is 2.39. The Balaban J connectivity index is 1.47. The third-order valence-corrected chi connectivity index (χ3v) is 6.04. The van der Waals surface area contributed by atoms with Gasteiger partial charge in [-0.15, -0.1) is 0 Å². The molecule has 0 saturated carbocycles. The highest BCUT2D eigenvalue weighted by atomic mass is 19.4. The standard InChI is InChI=1S/C21H22F4N2O/c22-15-5-6-18(21(23,24)25)17(11-15)13-7-9-27(10-8-13)20(28)19-16-4-2-1-3-14(16)12-26-19/h5-6,11,13H,1-4,7-10,12H2. The molecule has 28 heavy (non-hydrogen) atoms. The second-order valence-electron chi connectivity index (χ2n) is 7.75. The van der Waals surface area contributed by atoms with Gasteiger partial charge in [0.15, 0.2) is 0 Å². The van der Waals surface area contributed by atoms with Crippen LogP contribution in [0.2, 0.25) is 0 Å². The molecule has 0 N–H and O–H groups in total. The van der Waals surface area contributed by atoms with Gasteiger partial charge in [0.05, 0.1) is 12.1 Å². The first-order chi connectivity index (χ1) is 13.3. The molecule has 1 saturated heterocycles. The highest BCUT2D eigenvalue weighted by molar-refractivity contribution is 6.46. The molecule has 1 fully saturated rings. The van der Waals surface area contributed by atoms with Crippen molar-refractivity contribution in [2.24, 2.45) is 4.99 Å². The van der Waals surface area contributed by atoms with E-state index in [2.05, 4.69) is 4.99 Å². The molecule has 1 aromatic carbocycles. The summed E-state index contributed by atoms with van der Waals surface area (Å²) >= 11 is 0. The van der Waals surface area contributed by atoms with Gasteiger partial charge in [-0.3, -0.25) is 9.79 Å². The van der Waals surface area contributed by atoms with Crippen molar-refractivity contribution in [3.8, 4) is 0 Å². The molecule has 3 nitrogen and oxygen atoms in total. The largest absolute Gasteiger partial charge is 0.416 e. The summed E-state index contributed by atoms with van der Waals surface area (Å²) in [4.78, 5) is 19.0. The van der Waals surface area contributed by atoms with Gasteiger partial charge in [0.2, 0.25) is 0 Å². The molecule has 3 aliphatic rings. The predicted molar refractivity (Wildman–Crippen MR) is 97.8 cm³/mol. The van der Waals surface area contributed by atoms with Crippen LogP contribution in [0.3, 0.4) is 0 Å². The van der Waals surface area contributed by atoms with Crippen molar-refractivity contribution in [1.29, 1.82) is 0 Å². The lowest BCUT2D eigenvalue weighted by Gasteiger charge is -2.33. The second kappa shape index (κ2) is 7.33. The Hall–Kier alpha value is -2.18. The summed E-state index contributed by atoms with van der Waals surface area (Å²) in [5, 5.41) is 0. The van der Waals surface area contributed by atoms with Crippen molar-refractivity contribution < 1.29 is 22.4 Å². The van der Waals surface area contributed by atoms with E-state index in [-0.39, 0.29) is 11.5 Å². The van der Waals surface area contributed by atoms with Gasteiger partial charge in [-0.05, 0) is 79.4 Å². The number of nitrogens with zero attached hydrogens (tertiary/aromatic N) is 2. The van der Waals surface area contributed by atoms with Gasteiger partial charge in [-0.25, -0.2) is 4.39 Å². The Bertz CT molecular complexity index is 848. The number of halogens is 4. The molecule has 0 atom stereocenters. The highest BCUT2D eigenvalue weighted by Gasteiger charge is 2.37. The summed E-state index contributed by atoms with van der Waals surface area (Å²) in [6, 6.07) is 2.65. The molecule has 1 amide bonds. The molecule has 1 aliphatic carbocycles. The maximum atomic E-state index is 13.6. The Morgan fingerprint density at radius 3 is 2.54 bits per heavy atom. The number of aliphatic imine (C=N–C) groups is 1. The van der Waals surface area contributed by atoms with E-state index in [4.69, 9.17) is 0 Å². The van der Waals surface area contributed by atoms with Gasteiger partial charge in [-0.2, -0.15) is 13.2 Å². The third kappa shape index (κ3) is 3.59. The number of hydrogen-bond donors (Lipinski definition) is 0. The fourth-order valence-electron chi connectivity index (χ4n) is 4.57. The summed E-state index contributed by atoms with van der Waals surface area (Å²) in [7, 11) is 0. The van der Waals surface area contributed by atoms with E-state index in [1.807, 2.05) is 0 Å². The molecule has 150 valence electrons. The van der Waals surface area contributed by atoms with Crippen LogP contribution in [-0.2, 0) is 11.0 Å². The first-order valence-corrected chi connectivity index (χ1v) is 9.76. The van der Waals surface area contributed by atoms with Crippen molar-refractivity contribution in [2.45, 2.75) is 50.6 Å². The number of carbonyl (C=O) groups is 1. The Labute approximate surface area is 161 Å². The molecule has 7 heteroatoms. The van der Waals surface area contributed by atoms with E-state index in [0.29, 0.717) is 38.2 Å². The van der Waals surface area contributed by atoms with E-state index in [1.165, 1.54) is 5.57 Å². The van der Waals surface area contributed by atoms with Crippen molar-refractivity contribution in [2.75, 3.05) is 19.6 Å². The second-order valence-corrected chi connectivity index (χ2v) is 7.75. The molecular weight excluding hydrogens is 372 g/mol. The Kier molecular flexibility index (Phi) is 5.02. The minimum absolute atomic E-state index is 0.00455. The zero-order chi connectivity index (χ0) is 19.9. The van der Waals surface area contributed by atoms with Gasteiger partial charge in [-0.1, -0.05) is 0 Å². The van der Waals surface area contributed by atoms with Crippen LogP contribution in [-0.4, -0.2) is 36.2 Å². The monoisotopic (exact) mass is 394 g/mol. The van der Waals surface area contributed by atoms with E-state index >= 15 is 0 Å². The van der Waals surface area contributed by atoms with Crippen molar-refractivity contribution in [1.82, 2.24) is 4.90 Å². The minimum atomic E-state index is -4.52. The zero-order valence-electron chi connectivity index (χ0n) is 15.5. The predicted octanol–water partition coefficient (Wildman–Crippen LogP) is 4.88. The van der Waals surface area contributed by atoms with E-state index in [0.717, 1.165) is 49.5 Å². The molecule has 1 aromatic rings. The number of rotatable bonds is 2. The first kappa shape index (κ1) is 19.2. The summed E-state index contributed by atoms with van der Waals surface area (Å²) in [5.41, 5.74) is 2.11. The summed E-state index contributed by atoms with van der Waals surface area (Å²) in [6.07, 6.45) is 0.336. The lowest BCUT2D eigenvalue weighted by atomic mass is 9.85. The molecule has 0 unspecified atom stereocenters. The van der Waals surface area contributed by atoms with Crippen LogP contribution >= 0.6 is 0 Å². The smallest absolute Gasteiger partial charge is 0.337 e. The van der Waals surface area contributed by atoms with Crippen LogP contribution < -0.4 is 0 Å². The van der Waals surface area contributed by atoms with E-state index in [1.54, 1.807) is 4.90 Å². The lowest BCUT2D eigenvalue weighted by molar-refractivity contribution is -0.138. The molecule has 2 heterocycles. The number of benzene rings is 1. The van der Waals surface area contributed by atoms with Crippen LogP contribution in [0.4, 0.5) is 17.6 Å². The summed E-state index contributed by atoms with van der Waals surface area (Å²) < 4.78 is 53.5. The van der Waals surface area contributed by atoms with E-state index < -0.39 is 23.5 Å². The summed E-state index contributed by atoms with van der Waals surface area (Å²) in [5.74, 6) is -1.19. The van der Waals surface area contributed by atoms with Crippen LogP contribution in [0.25, 0.3) is 0 Å². The SMILES string of the molecule is O=C(C1=NCC2=C1CCCC2)N1CCC(c2cc(F)ccc2C(F)(F)F)CC1. The van der Waals surface area contributed by atoms with Crippen molar-refractivity contribution in [3.63, 3.8) is 0 Å². The van der Waals surface area contributed by atoms with Gasteiger partial charge < -0.3 is 4.90 Å². The molecular formula is C21H22F4N2O. The normalized spacial score (nSPS) is 21.0. The molecule has 2 aliphatic heterocycles. The third-order valence-electron chi connectivity index (χ3n) is 6.04. The van der Waals surface area contributed by atoms with Gasteiger partial charge >= 0.3 is 6.18 Å². The average Bonchev–Trinajstić information content (AvgIpc) is 3.10. The topological polar surface area (TPSA) is 32.7 Å². The Morgan fingerprint density at radius 2 is 1.82 bits per heavy atom. The number of carbonyl (C=O) groups excluding carboxylic acids is 1. The van der Waals surface area contributed by atoms with Gasteiger partial charge in [0, 0.05) is 13.1 Å². The number of piperidine rings is 1. The Morgan fingerprint density at radius 1 is 1.11 bits per heavy atom. The number of likely N-dealkylation sites (tertiary alicyclic amines) is 1.